The van der Waals surface area contributed by atoms with E-state index in [1.807, 2.05) is 11.1 Å². The molecule has 0 aliphatic carbocycles. The zero-order valence-electron chi connectivity index (χ0n) is 11.2. The van der Waals surface area contributed by atoms with E-state index in [-0.39, 0.29) is 6.04 Å². The van der Waals surface area contributed by atoms with Crippen molar-refractivity contribution in [2.75, 3.05) is 11.4 Å². The number of imidazole rings is 2. The number of aromatic amines is 2. The Morgan fingerprint density at radius 1 is 1.45 bits per heavy atom. The number of thiocarbonyl (C=S) groups is 1. The molecule has 8 heteroatoms. The van der Waals surface area contributed by atoms with Crippen molar-refractivity contribution in [3.63, 3.8) is 0 Å². The molecule has 2 aromatic heterocycles. The molecule has 0 radical (unpaired) electrons. The Balaban J connectivity index is 1.61. The molecule has 1 unspecified atom stereocenters. The normalized spacial score (nSPS) is 15.8. The van der Waals surface area contributed by atoms with Gasteiger partial charge in [0, 0.05) is 25.0 Å². The molecule has 0 saturated heterocycles. The summed E-state index contributed by atoms with van der Waals surface area (Å²) in [6, 6.07) is 0.252. The first-order valence-electron chi connectivity index (χ1n) is 6.53. The van der Waals surface area contributed by atoms with Crippen molar-refractivity contribution >= 4 is 23.1 Å². The molecule has 4 N–H and O–H groups in total. The Labute approximate surface area is 122 Å². The van der Waals surface area contributed by atoms with Crippen LogP contribution >= 0.6 is 12.2 Å². The third-order valence-electron chi connectivity index (χ3n) is 3.24. The van der Waals surface area contributed by atoms with E-state index < -0.39 is 0 Å². The number of anilines is 1. The molecule has 1 aliphatic rings. The average molecular weight is 291 g/mol. The Hall–Kier alpha value is -1.93. The molecule has 2 aromatic rings. The van der Waals surface area contributed by atoms with Crippen LogP contribution in [0.4, 0.5) is 5.82 Å². The molecule has 7 nitrogen and oxygen atoms in total. The van der Waals surface area contributed by atoms with Gasteiger partial charge in [0.2, 0.25) is 0 Å². The maximum Gasteiger partial charge on any atom is 0.175 e. The van der Waals surface area contributed by atoms with Gasteiger partial charge in [-0.15, -0.1) is 0 Å². The second-order valence-electron chi connectivity index (χ2n) is 4.79. The Morgan fingerprint density at radius 2 is 2.35 bits per heavy atom. The first kappa shape index (κ1) is 13.1. The highest BCUT2D eigenvalue weighted by molar-refractivity contribution is 7.80. The third-order valence-corrected chi connectivity index (χ3v) is 3.61. The van der Waals surface area contributed by atoms with Gasteiger partial charge in [-0.3, -0.25) is 0 Å². The van der Waals surface area contributed by atoms with Crippen LogP contribution in [-0.4, -0.2) is 37.6 Å². The van der Waals surface area contributed by atoms with E-state index in [9.17, 15) is 0 Å². The van der Waals surface area contributed by atoms with Gasteiger partial charge in [-0.2, -0.15) is 0 Å². The number of nitrogens with one attached hydrogen (secondary N) is 4. The number of hydrogen-bond acceptors (Lipinski definition) is 4. The van der Waals surface area contributed by atoms with E-state index in [0.29, 0.717) is 13.1 Å². The summed E-state index contributed by atoms with van der Waals surface area (Å²) in [5.41, 5.74) is 1.07. The second-order valence-corrected chi connectivity index (χ2v) is 5.18. The second kappa shape index (κ2) is 5.59. The molecule has 3 rings (SSSR count). The number of hydrogen-bond donors (Lipinski definition) is 4. The van der Waals surface area contributed by atoms with Crippen LogP contribution in [0.3, 0.4) is 0 Å². The molecule has 0 bridgehead atoms. The maximum absolute atomic E-state index is 5.37. The first-order chi connectivity index (χ1) is 9.74. The summed E-state index contributed by atoms with van der Waals surface area (Å²) in [5, 5.41) is 7.32. The highest BCUT2D eigenvalue weighted by atomic mass is 32.1. The van der Waals surface area contributed by atoms with Crippen LogP contribution in [0.5, 0.6) is 0 Å². The van der Waals surface area contributed by atoms with Crippen LogP contribution < -0.4 is 15.5 Å². The van der Waals surface area contributed by atoms with E-state index >= 15 is 0 Å². The fourth-order valence-corrected chi connectivity index (χ4v) is 2.44. The van der Waals surface area contributed by atoms with Crippen LogP contribution in [0.25, 0.3) is 0 Å². The van der Waals surface area contributed by atoms with Crippen molar-refractivity contribution < 1.29 is 0 Å². The molecule has 3 heterocycles. The molecule has 0 aromatic carbocycles. The van der Waals surface area contributed by atoms with E-state index in [1.165, 1.54) is 0 Å². The van der Waals surface area contributed by atoms with Crippen molar-refractivity contribution in [1.82, 2.24) is 30.6 Å². The van der Waals surface area contributed by atoms with Gasteiger partial charge in [0.05, 0.1) is 25.1 Å². The summed E-state index contributed by atoms with van der Waals surface area (Å²) in [7, 11) is 0. The molecule has 0 saturated carbocycles. The lowest BCUT2D eigenvalue weighted by atomic mass is 10.2. The van der Waals surface area contributed by atoms with Crippen molar-refractivity contribution in [2.24, 2.45) is 0 Å². The predicted molar refractivity (Wildman–Crippen MR) is 80.3 cm³/mol. The van der Waals surface area contributed by atoms with Crippen LogP contribution in [0.1, 0.15) is 18.4 Å². The number of fused-ring (bicyclic) bond motifs is 1. The zero-order chi connectivity index (χ0) is 13.9. The van der Waals surface area contributed by atoms with Gasteiger partial charge in [-0.25, -0.2) is 9.97 Å². The van der Waals surface area contributed by atoms with Crippen LogP contribution in [-0.2, 0) is 13.1 Å². The fourth-order valence-electron chi connectivity index (χ4n) is 2.21. The molecule has 20 heavy (non-hydrogen) atoms. The maximum atomic E-state index is 5.37. The lowest BCUT2D eigenvalue weighted by molar-refractivity contribution is 0.540. The number of H-pyrrole nitrogens is 2. The summed E-state index contributed by atoms with van der Waals surface area (Å²) in [6.45, 7) is 4.28. The number of rotatable bonds is 5. The number of aromatic nitrogens is 4. The largest absolute Gasteiger partial charge is 0.357 e. The smallest absolute Gasteiger partial charge is 0.175 e. The summed E-state index contributed by atoms with van der Waals surface area (Å²) < 4.78 is 0. The average Bonchev–Trinajstić information content (AvgIpc) is 3.10. The van der Waals surface area contributed by atoms with Gasteiger partial charge in [-0.1, -0.05) is 0 Å². The lowest BCUT2D eigenvalue weighted by Gasteiger charge is -2.31. The van der Waals surface area contributed by atoms with Gasteiger partial charge >= 0.3 is 0 Å². The molecule has 1 atom stereocenters. The summed E-state index contributed by atoms with van der Waals surface area (Å²) in [4.78, 5) is 16.8. The Morgan fingerprint density at radius 3 is 3.15 bits per heavy atom. The first-order valence-corrected chi connectivity index (χ1v) is 6.94. The number of nitrogens with zero attached hydrogens (tertiary/aromatic N) is 3. The van der Waals surface area contributed by atoms with Gasteiger partial charge in [0.1, 0.15) is 5.82 Å². The standard InChI is InChI=1S/C12H17N7S/c1-8(15-5-10-13-2-3-14-10)6-19-11-9(17-7-18-11)4-16-12(19)20/h2-3,7-8,15H,4-6H2,1H3,(H,13,14)(H,16,20)(H,17,18). The monoisotopic (exact) mass is 291 g/mol. The Bertz CT molecular complexity index is 576. The highest BCUT2D eigenvalue weighted by Crippen LogP contribution is 2.20. The van der Waals surface area contributed by atoms with Crippen LogP contribution in [0.15, 0.2) is 18.7 Å². The highest BCUT2D eigenvalue weighted by Gasteiger charge is 2.24. The van der Waals surface area contributed by atoms with Crippen molar-refractivity contribution in [1.29, 1.82) is 0 Å². The molecular formula is C12H17N7S. The topological polar surface area (TPSA) is 84.7 Å². The molecule has 0 spiro atoms. The summed E-state index contributed by atoms with van der Waals surface area (Å²) in [5.74, 6) is 1.84. The quantitative estimate of drug-likeness (QED) is 0.601. The van der Waals surface area contributed by atoms with Crippen molar-refractivity contribution in [2.45, 2.75) is 26.1 Å². The van der Waals surface area contributed by atoms with Crippen LogP contribution in [0, 0.1) is 0 Å². The van der Waals surface area contributed by atoms with Gasteiger partial charge in [-0.05, 0) is 19.1 Å². The van der Waals surface area contributed by atoms with Crippen molar-refractivity contribution in [3.8, 4) is 0 Å². The van der Waals surface area contributed by atoms with Gasteiger partial charge in [0.25, 0.3) is 0 Å². The molecule has 0 amide bonds. The minimum Gasteiger partial charge on any atom is -0.357 e. The van der Waals surface area contributed by atoms with E-state index in [4.69, 9.17) is 12.2 Å². The van der Waals surface area contributed by atoms with E-state index in [1.54, 1.807) is 12.5 Å². The van der Waals surface area contributed by atoms with Crippen molar-refractivity contribution in [3.05, 3.63) is 30.2 Å². The Kier molecular flexibility index (Phi) is 3.66. The summed E-state index contributed by atoms with van der Waals surface area (Å²) >= 11 is 5.37. The minimum absolute atomic E-state index is 0.252. The van der Waals surface area contributed by atoms with Crippen LogP contribution in [0.2, 0.25) is 0 Å². The SMILES string of the molecule is CC(CN1C(=S)NCc2[nH]cnc21)NCc1ncc[nH]1. The molecule has 1 aliphatic heterocycles. The lowest BCUT2D eigenvalue weighted by Crippen LogP contribution is -2.49. The molecular weight excluding hydrogens is 274 g/mol. The summed E-state index contributed by atoms with van der Waals surface area (Å²) in [6.07, 6.45) is 5.27. The fraction of sp³-hybridized carbons (Fsp3) is 0.417. The molecule has 0 fully saturated rings. The van der Waals surface area contributed by atoms with E-state index in [2.05, 4.69) is 37.5 Å². The molecule has 106 valence electrons. The third kappa shape index (κ3) is 2.66. The van der Waals surface area contributed by atoms with Gasteiger partial charge < -0.3 is 25.5 Å². The zero-order valence-corrected chi connectivity index (χ0v) is 12.0. The van der Waals surface area contributed by atoms with Gasteiger partial charge in [0.15, 0.2) is 10.9 Å². The minimum atomic E-state index is 0.252. The predicted octanol–water partition coefficient (Wildman–Crippen LogP) is 0.506. The van der Waals surface area contributed by atoms with E-state index in [0.717, 1.165) is 29.0 Å².